The predicted octanol–water partition coefficient (Wildman–Crippen LogP) is 21.1. The second kappa shape index (κ2) is 32.2. The van der Waals surface area contributed by atoms with Crippen molar-refractivity contribution in [3.63, 3.8) is 0 Å². The summed E-state index contributed by atoms with van der Waals surface area (Å²) in [7, 11) is 0. The van der Waals surface area contributed by atoms with Crippen molar-refractivity contribution in [3.05, 3.63) is 275 Å². The number of hydrogen-bond donors (Lipinski definition) is 7. The van der Waals surface area contributed by atoms with Gasteiger partial charge in [0.1, 0.15) is 34.9 Å². The normalized spacial score (nSPS) is 19.8. The molecule has 6 heterocycles. The number of para-hydroxylation sites is 2. The second-order valence-electron chi connectivity index (χ2n) is 31.3. The molecule has 8 aromatic carbocycles. The Morgan fingerprint density at radius 2 is 0.721 bits per heavy atom. The zero-order chi connectivity index (χ0) is 76.3. The minimum atomic E-state index is -0.740. The summed E-state index contributed by atoms with van der Waals surface area (Å²) in [6.07, 6.45) is 20.9. The van der Waals surface area contributed by atoms with Crippen LogP contribution in [0.25, 0.3) is 65.8 Å². The molecule has 16 nitrogen and oxygen atoms in total. The molecule has 0 unspecified atom stereocenters. The topological polar surface area (TPSA) is 232 Å². The van der Waals surface area contributed by atoms with Gasteiger partial charge in [0.2, 0.25) is 0 Å². The van der Waals surface area contributed by atoms with Gasteiger partial charge in [0.15, 0.2) is 0 Å². The lowest BCUT2D eigenvalue weighted by molar-refractivity contribution is -0.0300. The van der Waals surface area contributed by atoms with Gasteiger partial charge in [-0.05, 0) is 300 Å². The highest BCUT2D eigenvalue weighted by Gasteiger charge is 2.36. The van der Waals surface area contributed by atoms with Gasteiger partial charge in [0.25, 0.3) is 17.7 Å². The van der Waals surface area contributed by atoms with Crippen LogP contribution < -0.4 is 16.0 Å². The van der Waals surface area contributed by atoms with Crippen molar-refractivity contribution in [1.82, 2.24) is 50.2 Å². The lowest BCUT2D eigenvalue weighted by Crippen LogP contribution is -2.47. The van der Waals surface area contributed by atoms with E-state index in [1.54, 1.807) is 42.5 Å². The average Bonchev–Trinajstić information content (AvgIpc) is 1.28. The van der Waals surface area contributed by atoms with Crippen LogP contribution in [0.15, 0.2) is 207 Å². The van der Waals surface area contributed by atoms with E-state index in [9.17, 15) is 32.7 Å². The number of amides is 3. The van der Waals surface area contributed by atoms with E-state index < -0.39 is 5.60 Å². The number of pyridine rings is 3. The third kappa shape index (κ3) is 16.4. The molecular weight excluding hydrogens is 1390 g/mol. The molecule has 6 aromatic heterocycles. The van der Waals surface area contributed by atoms with Gasteiger partial charge in [-0.15, -0.1) is 0 Å². The van der Waals surface area contributed by atoms with E-state index in [-0.39, 0.29) is 52.9 Å². The maximum absolute atomic E-state index is 13.9. The zero-order valence-corrected chi connectivity index (χ0v) is 62.6. The first kappa shape index (κ1) is 73.7. The van der Waals surface area contributed by atoms with Crippen molar-refractivity contribution in [1.29, 1.82) is 0 Å². The summed E-state index contributed by atoms with van der Waals surface area (Å²) in [5.74, 6) is 5.40. The number of nitrogens with one attached hydrogen (secondary N) is 6. The average molecular weight is 1490 g/mol. The third-order valence-electron chi connectivity index (χ3n) is 24.5. The zero-order valence-electron chi connectivity index (χ0n) is 62.6. The second-order valence-corrected chi connectivity index (χ2v) is 31.3. The Morgan fingerprint density at radius 1 is 0.405 bits per heavy atom. The molecule has 19 heteroatoms. The van der Waals surface area contributed by atoms with Crippen molar-refractivity contribution < 1.29 is 32.7 Å². The van der Waals surface area contributed by atoms with Gasteiger partial charge in [0.05, 0.1) is 55.3 Å². The Morgan fingerprint density at radius 3 is 1.04 bits per heavy atom. The van der Waals surface area contributed by atoms with Crippen molar-refractivity contribution >= 4 is 94.9 Å². The summed E-state index contributed by atoms with van der Waals surface area (Å²) in [6.45, 7) is 7.00. The number of imidazole rings is 3. The standard InChI is InChI=1S/2C31H29FN4O.C30H33FN4O2/c2*1-19(20-7-9-21(10-8-20)25-15-16-33-27-14-12-23(32)18-26(25)27)30-35-28-13-11-22(17-29(28)36-30)31(37)34-24-5-3-2-4-6-24;1-18(19-3-5-20(6-4-19)23-11-14-32-25-10-8-22(31)16-24(23)25)28-34-26-9-7-21(15-27(26)35-28)29(36)33-17-30(37)12-2-13-30/h2*2-6,11-21H,7-10H2,1H3,(H,34,37)(H,35,36);7-11,14-16,18-20,37H,2-6,12-13,17H2,1H3,(H,33,36)(H,34,35)/t2*19-,20?,21?;18-,19?,20?/m111/s1. The number of fused-ring (bicyclic) bond motifs is 6. The lowest BCUT2D eigenvalue weighted by Gasteiger charge is -2.36. The molecule has 0 bridgehead atoms. The number of nitrogens with zero attached hydrogens (tertiary/aromatic N) is 6. The van der Waals surface area contributed by atoms with Crippen LogP contribution in [-0.4, -0.2) is 79.8 Å². The summed E-state index contributed by atoms with van der Waals surface area (Å²) in [6, 6.07) is 56.4. The van der Waals surface area contributed by atoms with Crippen LogP contribution in [-0.2, 0) is 0 Å². The first-order valence-electron chi connectivity index (χ1n) is 39.3. The van der Waals surface area contributed by atoms with Gasteiger partial charge in [-0.1, -0.05) is 57.2 Å². The van der Waals surface area contributed by atoms with Crippen LogP contribution in [0.2, 0.25) is 0 Å². The minimum Gasteiger partial charge on any atom is -0.388 e. The Bertz CT molecular complexity index is 5460. The van der Waals surface area contributed by atoms with Crippen molar-refractivity contribution in [2.75, 3.05) is 17.2 Å². The first-order valence-corrected chi connectivity index (χ1v) is 39.3. The van der Waals surface area contributed by atoms with Crippen LogP contribution in [0.1, 0.15) is 218 Å². The van der Waals surface area contributed by atoms with Crippen LogP contribution in [0.5, 0.6) is 0 Å². The maximum atomic E-state index is 13.9. The lowest BCUT2D eigenvalue weighted by atomic mass is 9.73. The SMILES string of the molecule is C[C@@H](c1nc2ccc(C(=O)NCC3(O)CCC3)cc2[nH]1)C1CCC(c2ccnc3ccc(F)cc23)CC1.C[C@@H](c1nc2ccc(C(=O)Nc3ccccc3)cc2[nH]1)C1CCC(c2ccnc3ccc(F)cc23)CC1.C[C@@H](c1nc2ccc(C(=O)Nc3ccccc3)cc2[nH]1)C1CCC(c2ccnc3ccc(F)cc23)CC1. The van der Waals surface area contributed by atoms with Crippen molar-refractivity contribution in [2.45, 2.75) is 158 Å². The Hall–Kier alpha value is -11.4. The van der Waals surface area contributed by atoms with E-state index in [0.717, 1.165) is 191 Å². The highest BCUT2D eigenvalue weighted by molar-refractivity contribution is 6.07. The van der Waals surface area contributed by atoms with E-state index in [1.165, 1.54) is 34.9 Å². The molecule has 14 aromatic rings. The smallest absolute Gasteiger partial charge is 0.255 e. The number of anilines is 2. The number of carbonyl (C=O) groups is 3. The molecule has 111 heavy (non-hydrogen) atoms. The number of aromatic amines is 3. The number of benzene rings is 8. The summed E-state index contributed by atoms with van der Waals surface area (Å²) in [5.41, 5.74) is 14.0. The third-order valence-corrected chi connectivity index (χ3v) is 24.5. The Labute approximate surface area is 642 Å². The molecule has 4 fully saturated rings. The largest absolute Gasteiger partial charge is 0.388 e. The number of aromatic nitrogens is 9. The molecule has 3 amide bonds. The van der Waals surface area contributed by atoms with Gasteiger partial charge in [-0.25, -0.2) is 28.1 Å². The number of H-pyrrole nitrogens is 3. The van der Waals surface area contributed by atoms with Gasteiger partial charge < -0.3 is 36.0 Å². The summed E-state index contributed by atoms with van der Waals surface area (Å²) < 4.78 is 41.8. The van der Waals surface area contributed by atoms with Crippen molar-refractivity contribution in [2.24, 2.45) is 17.8 Å². The van der Waals surface area contributed by atoms with Gasteiger partial charge in [0, 0.05) is 87.1 Å². The van der Waals surface area contributed by atoms with E-state index in [2.05, 4.69) is 84.8 Å². The van der Waals surface area contributed by atoms with Gasteiger partial charge >= 0.3 is 0 Å². The highest BCUT2D eigenvalue weighted by atomic mass is 19.1. The van der Waals surface area contributed by atoms with Crippen LogP contribution >= 0.6 is 0 Å². The monoisotopic (exact) mass is 1480 g/mol. The Balaban J connectivity index is 0.000000126. The minimum absolute atomic E-state index is 0.140. The van der Waals surface area contributed by atoms with E-state index >= 15 is 0 Å². The van der Waals surface area contributed by atoms with Crippen LogP contribution in [0, 0.1) is 35.2 Å². The molecule has 4 aliphatic rings. The molecule has 0 saturated heterocycles. The molecule has 0 spiro atoms. The molecule has 4 saturated carbocycles. The predicted molar refractivity (Wildman–Crippen MR) is 433 cm³/mol. The number of rotatable bonds is 16. The molecule has 564 valence electrons. The molecule has 0 radical (unpaired) electrons. The fourth-order valence-electron chi connectivity index (χ4n) is 17.7. The van der Waals surface area contributed by atoms with E-state index in [1.807, 2.05) is 128 Å². The molecule has 4 aliphatic carbocycles. The maximum Gasteiger partial charge on any atom is 0.255 e. The quantitative estimate of drug-likeness (QED) is 0.0484. The first-order chi connectivity index (χ1) is 54.0. The molecule has 18 rings (SSSR count). The molecule has 3 atom stereocenters. The fourth-order valence-corrected chi connectivity index (χ4v) is 17.7. The van der Waals surface area contributed by atoms with Crippen LogP contribution in [0.3, 0.4) is 0 Å². The van der Waals surface area contributed by atoms with E-state index in [0.29, 0.717) is 58.7 Å². The molecule has 7 N–H and O–H groups in total. The molecule has 0 aliphatic heterocycles. The number of aliphatic hydroxyl groups is 1. The molecular formula is C92H91F3N12O4. The summed E-state index contributed by atoms with van der Waals surface area (Å²) in [4.78, 5) is 76.3. The van der Waals surface area contributed by atoms with E-state index in [4.69, 9.17) is 15.0 Å². The summed E-state index contributed by atoms with van der Waals surface area (Å²) >= 11 is 0. The van der Waals surface area contributed by atoms with Crippen LogP contribution in [0.4, 0.5) is 24.5 Å². The van der Waals surface area contributed by atoms with Crippen molar-refractivity contribution in [3.8, 4) is 0 Å². The Kier molecular flexibility index (Phi) is 21.4. The summed E-state index contributed by atoms with van der Waals surface area (Å²) in [5, 5.41) is 21.8. The fraction of sp³-hybridized carbons (Fsp3) is 0.315. The van der Waals surface area contributed by atoms with Gasteiger partial charge in [-0.2, -0.15) is 0 Å². The number of carbonyl (C=O) groups excluding carboxylic acids is 3. The highest BCUT2D eigenvalue weighted by Crippen LogP contribution is 2.47. The number of halogens is 3. The number of hydrogen-bond acceptors (Lipinski definition) is 10. The van der Waals surface area contributed by atoms with Gasteiger partial charge in [-0.3, -0.25) is 29.3 Å².